The van der Waals surface area contributed by atoms with Gasteiger partial charge in [-0.25, -0.2) is 4.39 Å². The van der Waals surface area contributed by atoms with Crippen molar-refractivity contribution in [3.63, 3.8) is 0 Å². The molecule has 1 N–H and O–H groups in total. The second-order valence-electron chi connectivity index (χ2n) is 3.10. The predicted molar refractivity (Wildman–Crippen MR) is 57.5 cm³/mol. The molecule has 0 radical (unpaired) electrons. The molecule has 2 heterocycles. The zero-order valence-electron chi connectivity index (χ0n) is 7.73. The molecule has 0 aliphatic carbocycles. The third-order valence-electron chi connectivity index (χ3n) is 1.99. The van der Waals surface area contributed by atoms with Crippen molar-refractivity contribution in [2.45, 2.75) is 17.5 Å². The second-order valence-corrected chi connectivity index (χ2v) is 4.04. The van der Waals surface area contributed by atoms with Crippen LogP contribution in [0.3, 0.4) is 0 Å². The first-order valence-corrected chi connectivity index (χ1v) is 5.34. The highest BCUT2D eigenvalue weighted by Gasteiger charge is 2.19. The Kier molecular flexibility index (Phi) is 3.27. The number of hydrogen-bond donors (Lipinski definition) is 1. The molecule has 2 unspecified atom stereocenters. The lowest BCUT2D eigenvalue weighted by molar-refractivity contribution is 0.406. The van der Waals surface area contributed by atoms with Gasteiger partial charge in [0.15, 0.2) is 0 Å². The first kappa shape index (κ1) is 10.5. The Bertz CT molecular complexity index is 377. The second kappa shape index (κ2) is 4.67. The molecular formula is C9H9BrFN3O. The molecule has 0 fully saturated rings. The normalized spacial score (nSPS) is 25.3. The van der Waals surface area contributed by atoms with Gasteiger partial charge in [0.05, 0.1) is 18.0 Å². The van der Waals surface area contributed by atoms with Crippen LogP contribution in [0.2, 0.25) is 0 Å². The molecule has 1 aliphatic heterocycles. The summed E-state index contributed by atoms with van der Waals surface area (Å²) in [6.07, 6.45) is 4.18. The Morgan fingerprint density at radius 1 is 1.60 bits per heavy atom. The summed E-state index contributed by atoms with van der Waals surface area (Å²) >= 11 is 3.33. The third kappa shape index (κ3) is 2.73. The minimum Gasteiger partial charge on any atom is -0.364 e. The molecule has 4 nitrogen and oxygen atoms in total. The number of hydrogen-bond acceptors (Lipinski definition) is 4. The van der Waals surface area contributed by atoms with Gasteiger partial charge in [-0.05, 0) is 6.08 Å². The Balaban J connectivity index is 1.92. The predicted octanol–water partition coefficient (Wildman–Crippen LogP) is 1.79. The largest absolute Gasteiger partial charge is 0.364 e. The van der Waals surface area contributed by atoms with E-state index in [9.17, 15) is 4.39 Å². The van der Waals surface area contributed by atoms with Crippen molar-refractivity contribution in [2.75, 3.05) is 0 Å². The molecule has 0 spiro atoms. The Morgan fingerprint density at radius 3 is 3.20 bits per heavy atom. The molecule has 1 aromatic heterocycles. The van der Waals surface area contributed by atoms with Gasteiger partial charge >= 0.3 is 0 Å². The molecule has 1 aliphatic rings. The van der Waals surface area contributed by atoms with Crippen LogP contribution < -0.4 is 5.32 Å². The van der Waals surface area contributed by atoms with E-state index in [-0.39, 0.29) is 16.8 Å². The zero-order valence-corrected chi connectivity index (χ0v) is 9.32. The smallest absolute Gasteiger partial charge is 0.138 e. The lowest BCUT2D eigenvalue weighted by Crippen LogP contribution is -2.35. The summed E-state index contributed by atoms with van der Waals surface area (Å²) in [4.78, 5) is 3.79. The lowest BCUT2D eigenvalue weighted by Gasteiger charge is -2.19. The summed E-state index contributed by atoms with van der Waals surface area (Å²) in [6.45, 7) is 0.516. The van der Waals surface area contributed by atoms with Gasteiger partial charge in [-0.1, -0.05) is 21.1 Å². The Morgan fingerprint density at radius 2 is 2.47 bits per heavy atom. The minimum atomic E-state index is -0.330. The number of alkyl halides is 1. The molecule has 0 saturated carbocycles. The van der Waals surface area contributed by atoms with E-state index in [0.717, 1.165) is 5.69 Å². The van der Waals surface area contributed by atoms with E-state index >= 15 is 0 Å². The van der Waals surface area contributed by atoms with Gasteiger partial charge in [-0.2, -0.15) is 0 Å². The van der Waals surface area contributed by atoms with Crippen molar-refractivity contribution < 1.29 is 8.91 Å². The maximum Gasteiger partial charge on any atom is 0.138 e. The summed E-state index contributed by atoms with van der Waals surface area (Å²) in [6, 6.07) is 1.58. The maximum absolute atomic E-state index is 12.9. The molecule has 15 heavy (non-hydrogen) atoms. The van der Waals surface area contributed by atoms with Crippen molar-refractivity contribution in [2.24, 2.45) is 4.99 Å². The van der Waals surface area contributed by atoms with Crippen LogP contribution in [0.1, 0.15) is 5.69 Å². The summed E-state index contributed by atoms with van der Waals surface area (Å²) in [5.74, 6) is -0.330. The topological polar surface area (TPSA) is 50.4 Å². The first-order valence-electron chi connectivity index (χ1n) is 4.43. The van der Waals surface area contributed by atoms with Gasteiger partial charge in [-0.3, -0.25) is 4.99 Å². The minimum absolute atomic E-state index is 0.149. The number of nitrogens with zero attached hydrogens (tertiary/aromatic N) is 2. The number of nitrogens with one attached hydrogen (secondary N) is 1. The van der Waals surface area contributed by atoms with E-state index in [1.165, 1.54) is 18.6 Å². The van der Waals surface area contributed by atoms with Crippen molar-refractivity contribution in [3.05, 3.63) is 29.9 Å². The van der Waals surface area contributed by atoms with E-state index < -0.39 is 0 Å². The van der Waals surface area contributed by atoms with Gasteiger partial charge in [0.2, 0.25) is 0 Å². The molecule has 80 valence electrons. The monoisotopic (exact) mass is 273 g/mol. The van der Waals surface area contributed by atoms with Gasteiger partial charge in [0.1, 0.15) is 17.0 Å². The van der Waals surface area contributed by atoms with Crippen LogP contribution in [0.4, 0.5) is 4.39 Å². The molecule has 0 bridgehead atoms. The van der Waals surface area contributed by atoms with E-state index in [1.807, 2.05) is 0 Å². The molecule has 0 saturated heterocycles. The number of aliphatic imine (C=N–C) groups is 1. The summed E-state index contributed by atoms with van der Waals surface area (Å²) in [5.41, 5.74) is 0.776. The summed E-state index contributed by atoms with van der Waals surface area (Å²) in [7, 11) is 0. The molecule has 1 aromatic rings. The highest BCUT2D eigenvalue weighted by molar-refractivity contribution is 9.09. The zero-order chi connectivity index (χ0) is 10.7. The van der Waals surface area contributed by atoms with Crippen LogP contribution in [0.5, 0.6) is 0 Å². The Hall–Kier alpha value is -1.01. The van der Waals surface area contributed by atoms with Gasteiger partial charge in [0.25, 0.3) is 0 Å². The summed E-state index contributed by atoms with van der Waals surface area (Å²) < 4.78 is 17.6. The van der Waals surface area contributed by atoms with E-state index in [0.29, 0.717) is 6.54 Å². The average molecular weight is 274 g/mol. The molecule has 0 aromatic carbocycles. The quantitative estimate of drug-likeness (QED) is 0.675. The number of allylic oxidation sites excluding steroid dienone is 1. The van der Waals surface area contributed by atoms with Crippen LogP contribution in [-0.4, -0.2) is 22.4 Å². The number of rotatable bonds is 3. The van der Waals surface area contributed by atoms with Crippen LogP contribution >= 0.6 is 15.9 Å². The lowest BCUT2D eigenvalue weighted by atomic mass is 10.2. The van der Waals surface area contributed by atoms with Crippen molar-refractivity contribution in [1.82, 2.24) is 10.5 Å². The fourth-order valence-electron chi connectivity index (χ4n) is 1.24. The van der Waals surface area contributed by atoms with Crippen LogP contribution in [0.15, 0.2) is 33.7 Å². The van der Waals surface area contributed by atoms with Gasteiger partial charge in [0, 0.05) is 12.6 Å². The highest BCUT2D eigenvalue weighted by Crippen LogP contribution is 2.16. The average Bonchev–Trinajstić information content (AvgIpc) is 2.72. The molecular weight excluding hydrogens is 265 g/mol. The van der Waals surface area contributed by atoms with Crippen LogP contribution in [-0.2, 0) is 6.54 Å². The molecule has 2 rings (SSSR count). The number of aromatic nitrogens is 1. The Labute approximate surface area is 94.4 Å². The van der Waals surface area contributed by atoms with Crippen molar-refractivity contribution >= 4 is 22.1 Å². The molecule has 2 atom stereocenters. The van der Waals surface area contributed by atoms with Crippen molar-refractivity contribution in [1.29, 1.82) is 0 Å². The number of halogens is 2. The standard InChI is InChI=1S/C9H9BrFN3O/c10-9-8(3-6(11)4-13-9)12-5-7-1-2-15-14-7/h1-4,8-9,12H,5H2. The number of dihydropyridines is 1. The third-order valence-corrected chi connectivity index (χ3v) is 2.79. The highest BCUT2D eigenvalue weighted by atomic mass is 79.9. The fourth-order valence-corrected chi connectivity index (χ4v) is 1.69. The molecule has 0 amide bonds. The van der Waals surface area contributed by atoms with Crippen molar-refractivity contribution in [3.8, 4) is 0 Å². The maximum atomic E-state index is 12.9. The molecule has 6 heteroatoms. The van der Waals surface area contributed by atoms with E-state index in [2.05, 4.69) is 35.9 Å². The van der Waals surface area contributed by atoms with Crippen LogP contribution in [0.25, 0.3) is 0 Å². The van der Waals surface area contributed by atoms with Gasteiger partial charge < -0.3 is 9.84 Å². The summed E-state index contributed by atoms with van der Waals surface area (Å²) in [5, 5.41) is 6.84. The van der Waals surface area contributed by atoms with E-state index in [1.54, 1.807) is 6.07 Å². The van der Waals surface area contributed by atoms with Crippen LogP contribution in [0, 0.1) is 0 Å². The van der Waals surface area contributed by atoms with E-state index in [4.69, 9.17) is 0 Å². The van der Waals surface area contributed by atoms with Gasteiger partial charge in [-0.15, -0.1) is 0 Å². The first-order chi connectivity index (χ1) is 7.25. The fraction of sp³-hybridized carbons (Fsp3) is 0.333. The SMILES string of the molecule is FC1=CC(NCc2ccon2)C(Br)N=C1.